The van der Waals surface area contributed by atoms with Crippen LogP contribution >= 0.6 is 11.6 Å². The topological polar surface area (TPSA) is 120 Å². The van der Waals surface area contributed by atoms with Gasteiger partial charge in [-0.2, -0.15) is 5.10 Å². The third kappa shape index (κ3) is 4.30. The Morgan fingerprint density at radius 2 is 2.00 bits per heavy atom. The van der Waals surface area contributed by atoms with Gasteiger partial charge in [0, 0.05) is 53.7 Å². The van der Waals surface area contributed by atoms with Crippen LogP contribution in [0.15, 0.2) is 36.9 Å². The predicted octanol–water partition coefficient (Wildman–Crippen LogP) is 2.50. The van der Waals surface area contributed by atoms with Crippen LogP contribution in [-0.2, 0) is 13.1 Å². The van der Waals surface area contributed by atoms with Crippen LogP contribution in [-0.4, -0.2) is 59.0 Å². The number of hydrogen-bond donors (Lipinski definition) is 1. The molecule has 4 heterocycles. The highest BCUT2D eigenvalue weighted by Crippen LogP contribution is 2.53. The third-order valence-electron chi connectivity index (χ3n) is 6.96. The lowest BCUT2D eigenvalue weighted by molar-refractivity contribution is 0.0950. The fourth-order valence-corrected chi connectivity index (χ4v) is 4.84. The second-order valence-electron chi connectivity index (χ2n) is 9.67. The number of amides is 1. The molecular weight excluding hydrogens is 480 g/mol. The normalized spacial score (nSPS) is 15.7. The van der Waals surface area contributed by atoms with Gasteiger partial charge < -0.3 is 10.2 Å². The molecule has 1 saturated carbocycles. The number of aromatic nitrogens is 8. The zero-order valence-corrected chi connectivity index (χ0v) is 20.8. The summed E-state index contributed by atoms with van der Waals surface area (Å²) in [7, 11) is 0. The molecule has 36 heavy (non-hydrogen) atoms. The van der Waals surface area contributed by atoms with Crippen LogP contribution in [0.5, 0.6) is 0 Å². The van der Waals surface area contributed by atoms with Crippen molar-refractivity contribution in [2.45, 2.75) is 39.8 Å². The van der Waals surface area contributed by atoms with Gasteiger partial charge in [-0.25, -0.2) is 14.6 Å². The quantitative estimate of drug-likeness (QED) is 0.407. The van der Waals surface area contributed by atoms with E-state index in [2.05, 4.69) is 35.8 Å². The zero-order valence-electron chi connectivity index (χ0n) is 20.0. The van der Waals surface area contributed by atoms with Crippen molar-refractivity contribution in [3.63, 3.8) is 0 Å². The maximum absolute atomic E-state index is 13.0. The number of benzene rings is 1. The van der Waals surface area contributed by atoms with E-state index in [0.29, 0.717) is 28.2 Å². The van der Waals surface area contributed by atoms with E-state index in [1.54, 1.807) is 23.0 Å². The second kappa shape index (κ2) is 8.66. The Labute approximate surface area is 212 Å². The van der Waals surface area contributed by atoms with Gasteiger partial charge in [0.25, 0.3) is 5.91 Å². The van der Waals surface area contributed by atoms with Gasteiger partial charge in [-0.3, -0.25) is 9.48 Å². The van der Waals surface area contributed by atoms with Crippen LogP contribution in [0.4, 0.5) is 5.95 Å². The first-order chi connectivity index (χ1) is 17.4. The number of hydrogen-bond acceptors (Lipinski definition) is 8. The molecule has 0 bridgehead atoms. The van der Waals surface area contributed by atoms with Gasteiger partial charge in [-0.15, -0.1) is 5.10 Å². The van der Waals surface area contributed by atoms with E-state index >= 15 is 0 Å². The lowest BCUT2D eigenvalue weighted by atomic mass is 9.98. The molecule has 0 atom stereocenters. The van der Waals surface area contributed by atoms with Gasteiger partial charge in [0.1, 0.15) is 6.33 Å². The predicted molar refractivity (Wildman–Crippen MR) is 132 cm³/mol. The minimum absolute atomic E-state index is 0.225. The Bertz CT molecular complexity index is 1440. The molecule has 11 nitrogen and oxygen atoms in total. The molecule has 0 unspecified atom stereocenters. The molecule has 1 N–H and O–H groups in total. The summed E-state index contributed by atoms with van der Waals surface area (Å²) in [6, 6.07) is 5.35. The summed E-state index contributed by atoms with van der Waals surface area (Å²) in [6.07, 6.45) is 7.77. The van der Waals surface area contributed by atoms with Crippen molar-refractivity contribution in [1.82, 2.24) is 45.3 Å². The highest BCUT2D eigenvalue weighted by atomic mass is 35.5. The second-order valence-corrected chi connectivity index (χ2v) is 10.1. The van der Waals surface area contributed by atoms with Gasteiger partial charge in [0.2, 0.25) is 5.95 Å². The molecule has 2 fully saturated rings. The van der Waals surface area contributed by atoms with E-state index in [4.69, 9.17) is 16.6 Å². The molecule has 1 aliphatic heterocycles. The number of carbonyl (C=O) groups is 1. The average Bonchev–Trinajstić information content (AvgIpc) is 3.29. The Kier molecular flexibility index (Phi) is 5.44. The molecule has 0 radical (unpaired) electrons. The summed E-state index contributed by atoms with van der Waals surface area (Å²) >= 11 is 6.18. The Morgan fingerprint density at radius 3 is 2.72 bits per heavy atom. The molecule has 2 aliphatic rings. The number of tetrazole rings is 1. The lowest BCUT2D eigenvalue weighted by Gasteiger charge is -2.40. The van der Waals surface area contributed by atoms with Crippen LogP contribution in [0, 0.1) is 19.3 Å². The van der Waals surface area contributed by atoms with Crippen molar-refractivity contribution in [2.75, 3.05) is 18.0 Å². The molecule has 12 heteroatoms. The maximum Gasteiger partial charge on any atom is 0.255 e. The number of nitrogens with one attached hydrogen (secondary N) is 1. The van der Waals surface area contributed by atoms with Gasteiger partial charge in [0.15, 0.2) is 0 Å². The minimum atomic E-state index is -0.225. The number of halogens is 1. The molecule has 184 valence electrons. The molecular formula is C24H25ClN10O. The van der Waals surface area contributed by atoms with Crippen LogP contribution in [0.1, 0.15) is 45.7 Å². The fraction of sp³-hybridized carbons (Fsp3) is 0.375. The molecule has 1 spiro atoms. The minimum Gasteiger partial charge on any atom is -0.348 e. The molecule has 1 amide bonds. The van der Waals surface area contributed by atoms with Crippen molar-refractivity contribution in [2.24, 2.45) is 5.41 Å². The van der Waals surface area contributed by atoms with Crippen molar-refractivity contribution in [3.05, 3.63) is 70.0 Å². The maximum atomic E-state index is 13.0. The fourth-order valence-electron chi connectivity index (χ4n) is 4.64. The number of nitrogens with zero attached hydrogens (tertiary/aromatic N) is 9. The van der Waals surface area contributed by atoms with Crippen LogP contribution in [0.3, 0.4) is 0 Å². The van der Waals surface area contributed by atoms with E-state index in [-0.39, 0.29) is 12.5 Å². The number of anilines is 1. The molecule has 1 aliphatic carbocycles. The molecule has 1 aromatic carbocycles. The SMILES string of the molecule is Cc1nc(N2CC3(CC3)C2)ncc1Cn1cc(C(=O)NCc2cc(Cl)ccc2-n2cnnn2)c(C)n1. The molecule has 3 aromatic heterocycles. The largest absolute Gasteiger partial charge is 0.348 e. The summed E-state index contributed by atoms with van der Waals surface area (Å²) in [4.78, 5) is 24.5. The summed E-state index contributed by atoms with van der Waals surface area (Å²) in [5.41, 5.74) is 5.13. The first-order valence-electron chi connectivity index (χ1n) is 11.8. The molecule has 1 saturated heterocycles. The van der Waals surface area contributed by atoms with Crippen molar-refractivity contribution in [3.8, 4) is 5.69 Å². The van der Waals surface area contributed by atoms with Crippen molar-refractivity contribution < 1.29 is 4.79 Å². The van der Waals surface area contributed by atoms with E-state index in [1.807, 2.05) is 26.1 Å². The monoisotopic (exact) mass is 504 g/mol. The van der Waals surface area contributed by atoms with E-state index in [9.17, 15) is 4.79 Å². The first-order valence-corrected chi connectivity index (χ1v) is 12.2. The van der Waals surface area contributed by atoms with Gasteiger partial charge in [0.05, 0.1) is 23.5 Å². The summed E-state index contributed by atoms with van der Waals surface area (Å²) in [5, 5.41) is 19.4. The van der Waals surface area contributed by atoms with Gasteiger partial charge in [-0.1, -0.05) is 11.6 Å². The van der Waals surface area contributed by atoms with Crippen molar-refractivity contribution >= 4 is 23.5 Å². The highest BCUT2D eigenvalue weighted by molar-refractivity contribution is 6.30. The average molecular weight is 505 g/mol. The van der Waals surface area contributed by atoms with E-state index in [0.717, 1.165) is 41.5 Å². The number of rotatable bonds is 7. The van der Waals surface area contributed by atoms with Crippen molar-refractivity contribution in [1.29, 1.82) is 0 Å². The first kappa shape index (κ1) is 22.6. The number of aryl methyl sites for hydroxylation is 2. The third-order valence-corrected chi connectivity index (χ3v) is 7.20. The van der Waals surface area contributed by atoms with Crippen LogP contribution in [0.2, 0.25) is 5.02 Å². The van der Waals surface area contributed by atoms with E-state index in [1.165, 1.54) is 23.9 Å². The van der Waals surface area contributed by atoms with Crippen LogP contribution < -0.4 is 10.2 Å². The van der Waals surface area contributed by atoms with E-state index < -0.39 is 0 Å². The molecule has 4 aromatic rings. The Balaban J connectivity index is 1.13. The lowest BCUT2D eigenvalue weighted by Crippen LogP contribution is -2.49. The number of carbonyl (C=O) groups excluding carboxylic acids is 1. The van der Waals surface area contributed by atoms with Crippen LogP contribution in [0.25, 0.3) is 5.69 Å². The Hall–Kier alpha value is -3.86. The summed E-state index contributed by atoms with van der Waals surface area (Å²) in [6.45, 7) is 6.68. The summed E-state index contributed by atoms with van der Waals surface area (Å²) in [5.74, 6) is 0.573. The highest BCUT2D eigenvalue weighted by Gasteiger charge is 2.53. The zero-order chi connectivity index (χ0) is 24.9. The Morgan fingerprint density at radius 1 is 1.17 bits per heavy atom. The van der Waals surface area contributed by atoms with Gasteiger partial charge >= 0.3 is 0 Å². The smallest absolute Gasteiger partial charge is 0.255 e. The molecule has 6 rings (SSSR count). The summed E-state index contributed by atoms with van der Waals surface area (Å²) < 4.78 is 3.28. The van der Waals surface area contributed by atoms with Gasteiger partial charge in [-0.05, 0) is 60.9 Å². The standard InChI is InChI=1S/C24H25ClN10O/c1-15-18(9-27-23(29-15)33-12-24(13-33)5-6-24)10-34-11-20(16(2)30-34)22(36)26-8-17-7-19(25)3-4-21(17)35-14-28-31-32-35/h3-4,7,9,11,14H,5-6,8,10,12-13H2,1-2H3,(H,26,36).